The van der Waals surface area contributed by atoms with Crippen LogP contribution in [0.15, 0.2) is 24.3 Å². The van der Waals surface area contributed by atoms with E-state index in [4.69, 9.17) is 4.74 Å². The predicted molar refractivity (Wildman–Crippen MR) is 75.0 cm³/mol. The van der Waals surface area contributed by atoms with Gasteiger partial charge in [-0.3, -0.25) is 4.79 Å². The van der Waals surface area contributed by atoms with Gasteiger partial charge in [-0.25, -0.2) is 0 Å². The van der Waals surface area contributed by atoms with Crippen LogP contribution in [0.25, 0.3) is 0 Å². The first kappa shape index (κ1) is 15.5. The summed E-state index contributed by atoms with van der Waals surface area (Å²) in [5.74, 6) is 0.981. The highest BCUT2D eigenvalue weighted by Crippen LogP contribution is 2.24. The molecule has 4 heteroatoms. The van der Waals surface area contributed by atoms with E-state index in [1.54, 1.807) is 19.1 Å². The summed E-state index contributed by atoms with van der Waals surface area (Å²) in [6.45, 7) is 6.54. The highest BCUT2D eigenvalue weighted by atomic mass is 16.5. The molecule has 19 heavy (non-hydrogen) atoms. The van der Waals surface area contributed by atoms with Gasteiger partial charge in [-0.15, -0.1) is 0 Å². The van der Waals surface area contributed by atoms with Crippen LogP contribution in [-0.4, -0.2) is 24.2 Å². The number of para-hydroxylation sites is 1. The Bertz CT molecular complexity index is 402. The quantitative estimate of drug-likeness (QED) is 0.795. The Labute approximate surface area is 114 Å². The minimum absolute atomic E-state index is 0.0260. The Morgan fingerprint density at radius 2 is 2.00 bits per heavy atom. The van der Waals surface area contributed by atoms with Crippen LogP contribution in [0.1, 0.15) is 38.9 Å². The fraction of sp³-hybridized carbons (Fsp3) is 0.533. The lowest BCUT2D eigenvalue weighted by atomic mass is 10.1. The van der Waals surface area contributed by atoms with Crippen molar-refractivity contribution in [1.82, 2.24) is 5.32 Å². The van der Waals surface area contributed by atoms with Crippen molar-refractivity contribution < 1.29 is 14.6 Å². The molecule has 0 saturated heterocycles. The lowest BCUT2D eigenvalue weighted by molar-refractivity contribution is -0.123. The van der Waals surface area contributed by atoms with Gasteiger partial charge in [0.25, 0.3) is 5.91 Å². The van der Waals surface area contributed by atoms with Crippen LogP contribution in [-0.2, 0) is 4.79 Å². The average molecular weight is 265 g/mol. The number of nitrogens with one attached hydrogen (secondary N) is 1. The number of hydrogen-bond acceptors (Lipinski definition) is 3. The number of hydrogen-bond donors (Lipinski definition) is 2. The maximum absolute atomic E-state index is 11.6. The number of benzene rings is 1. The van der Waals surface area contributed by atoms with Crippen LogP contribution >= 0.6 is 0 Å². The second-order valence-electron chi connectivity index (χ2n) is 5.03. The summed E-state index contributed by atoms with van der Waals surface area (Å²) < 4.78 is 5.45. The maximum atomic E-state index is 11.6. The summed E-state index contributed by atoms with van der Waals surface area (Å²) in [4.78, 5) is 11.6. The topological polar surface area (TPSA) is 58.6 Å². The second-order valence-corrected chi connectivity index (χ2v) is 5.03. The molecule has 0 aliphatic heterocycles. The van der Waals surface area contributed by atoms with Crippen molar-refractivity contribution >= 4 is 5.91 Å². The molecule has 0 spiro atoms. The van der Waals surface area contributed by atoms with Gasteiger partial charge in [0, 0.05) is 12.1 Å². The first-order valence-electron chi connectivity index (χ1n) is 6.67. The molecule has 1 atom stereocenters. The van der Waals surface area contributed by atoms with Gasteiger partial charge in [0.2, 0.25) is 0 Å². The molecule has 2 N–H and O–H groups in total. The van der Waals surface area contributed by atoms with Gasteiger partial charge in [-0.2, -0.15) is 0 Å². The van der Waals surface area contributed by atoms with Gasteiger partial charge in [0.05, 0.1) is 6.10 Å². The van der Waals surface area contributed by atoms with Gasteiger partial charge < -0.3 is 15.2 Å². The number of carbonyl (C=O) groups is 1. The zero-order valence-electron chi connectivity index (χ0n) is 11.8. The summed E-state index contributed by atoms with van der Waals surface area (Å²) in [6, 6.07) is 7.19. The average Bonchev–Trinajstić information content (AvgIpc) is 2.36. The first-order valence-corrected chi connectivity index (χ1v) is 6.67. The molecule has 1 aromatic rings. The van der Waals surface area contributed by atoms with Crippen LogP contribution < -0.4 is 10.1 Å². The highest BCUT2D eigenvalue weighted by Gasteiger charge is 2.09. The molecular formula is C15H23NO3. The second kappa shape index (κ2) is 7.79. The van der Waals surface area contributed by atoms with Gasteiger partial charge >= 0.3 is 0 Å². The van der Waals surface area contributed by atoms with Gasteiger partial charge in [-0.1, -0.05) is 32.0 Å². The zero-order valence-corrected chi connectivity index (χ0v) is 11.8. The van der Waals surface area contributed by atoms with Gasteiger partial charge in [0.15, 0.2) is 6.61 Å². The third kappa shape index (κ3) is 5.75. The highest BCUT2D eigenvalue weighted by molar-refractivity contribution is 5.77. The number of aliphatic hydroxyl groups excluding tert-OH is 1. The van der Waals surface area contributed by atoms with Crippen molar-refractivity contribution in [3.05, 3.63) is 29.8 Å². The Kier molecular flexibility index (Phi) is 6.36. The first-order chi connectivity index (χ1) is 9.00. The molecule has 1 rings (SSSR count). The third-order valence-electron chi connectivity index (χ3n) is 2.77. The molecule has 0 aromatic heterocycles. The lowest BCUT2D eigenvalue weighted by Crippen LogP contribution is -2.30. The summed E-state index contributed by atoms with van der Waals surface area (Å²) in [5, 5.41) is 12.4. The van der Waals surface area contributed by atoms with E-state index in [1.165, 1.54) is 0 Å². The van der Waals surface area contributed by atoms with Crippen LogP contribution in [0.3, 0.4) is 0 Å². The molecule has 1 amide bonds. The lowest BCUT2D eigenvalue weighted by Gasteiger charge is -2.13. The van der Waals surface area contributed by atoms with Crippen molar-refractivity contribution in [3.63, 3.8) is 0 Å². The van der Waals surface area contributed by atoms with Gasteiger partial charge in [0.1, 0.15) is 5.75 Å². The normalized spacial score (nSPS) is 12.3. The van der Waals surface area contributed by atoms with E-state index in [-0.39, 0.29) is 12.5 Å². The molecule has 4 nitrogen and oxygen atoms in total. The molecule has 0 radical (unpaired) electrons. The maximum Gasteiger partial charge on any atom is 0.257 e. The number of rotatable bonds is 7. The summed E-state index contributed by atoms with van der Waals surface area (Å²) in [7, 11) is 0. The monoisotopic (exact) mass is 265 g/mol. The van der Waals surface area contributed by atoms with E-state index >= 15 is 0 Å². The summed E-state index contributed by atoms with van der Waals surface area (Å²) in [6.07, 6.45) is 0.343. The smallest absolute Gasteiger partial charge is 0.257 e. The van der Waals surface area contributed by atoms with Crippen LogP contribution in [0.5, 0.6) is 5.75 Å². The minimum Gasteiger partial charge on any atom is -0.483 e. The Balaban J connectivity index is 2.42. The Morgan fingerprint density at radius 3 is 2.63 bits per heavy atom. The van der Waals surface area contributed by atoms with E-state index in [2.05, 4.69) is 19.2 Å². The van der Waals surface area contributed by atoms with Crippen molar-refractivity contribution in [2.75, 3.05) is 13.2 Å². The largest absolute Gasteiger partial charge is 0.483 e. The van der Waals surface area contributed by atoms with E-state index < -0.39 is 6.10 Å². The van der Waals surface area contributed by atoms with Crippen molar-refractivity contribution in [1.29, 1.82) is 0 Å². The SMILES string of the molecule is CC(C)CCNC(=O)COc1ccccc1[C@@H](C)O. The summed E-state index contributed by atoms with van der Waals surface area (Å²) in [5.41, 5.74) is 0.692. The minimum atomic E-state index is -0.611. The van der Waals surface area contributed by atoms with Crippen molar-refractivity contribution in [3.8, 4) is 5.75 Å². The van der Waals surface area contributed by atoms with E-state index in [0.29, 0.717) is 23.8 Å². The molecule has 0 unspecified atom stereocenters. The van der Waals surface area contributed by atoms with E-state index in [1.807, 2.05) is 12.1 Å². The molecule has 0 aliphatic carbocycles. The van der Waals surface area contributed by atoms with E-state index in [0.717, 1.165) is 6.42 Å². The van der Waals surface area contributed by atoms with Crippen LogP contribution in [0, 0.1) is 5.92 Å². The van der Waals surface area contributed by atoms with E-state index in [9.17, 15) is 9.90 Å². The molecular weight excluding hydrogens is 242 g/mol. The molecule has 1 aromatic carbocycles. The van der Waals surface area contributed by atoms with Crippen LogP contribution in [0.4, 0.5) is 0 Å². The van der Waals surface area contributed by atoms with Crippen molar-refractivity contribution in [2.45, 2.75) is 33.3 Å². The Morgan fingerprint density at radius 1 is 1.32 bits per heavy atom. The molecule has 106 valence electrons. The fourth-order valence-corrected chi connectivity index (χ4v) is 1.65. The summed E-state index contributed by atoms with van der Waals surface area (Å²) >= 11 is 0. The number of amides is 1. The van der Waals surface area contributed by atoms with Crippen LogP contribution in [0.2, 0.25) is 0 Å². The predicted octanol–water partition coefficient (Wildman–Crippen LogP) is 2.28. The fourth-order valence-electron chi connectivity index (χ4n) is 1.65. The number of ether oxygens (including phenoxy) is 1. The molecule has 0 fully saturated rings. The number of carbonyl (C=O) groups excluding carboxylic acids is 1. The molecule has 0 saturated carbocycles. The molecule has 0 bridgehead atoms. The van der Waals surface area contributed by atoms with Crippen molar-refractivity contribution in [2.24, 2.45) is 5.92 Å². The molecule has 0 heterocycles. The standard InChI is InChI=1S/C15H23NO3/c1-11(2)8-9-16-15(18)10-19-14-7-5-4-6-13(14)12(3)17/h4-7,11-12,17H,8-10H2,1-3H3,(H,16,18)/t12-/m1/s1. The third-order valence-corrected chi connectivity index (χ3v) is 2.77. The Hall–Kier alpha value is -1.55. The van der Waals surface area contributed by atoms with Gasteiger partial charge in [-0.05, 0) is 25.3 Å². The molecule has 0 aliphatic rings. The number of aliphatic hydroxyl groups is 1. The zero-order chi connectivity index (χ0) is 14.3.